The number of aryl methyl sites for hydroxylation is 1. The van der Waals surface area contributed by atoms with Gasteiger partial charge in [-0.15, -0.1) is 11.3 Å². The molecule has 0 aliphatic rings. The molecule has 1 heterocycles. The van der Waals surface area contributed by atoms with E-state index in [1.54, 1.807) is 11.3 Å². The summed E-state index contributed by atoms with van der Waals surface area (Å²) in [5.74, 6) is 1.00. The molecule has 3 heteroatoms. The van der Waals surface area contributed by atoms with Crippen molar-refractivity contribution in [2.45, 2.75) is 38.5 Å². The van der Waals surface area contributed by atoms with Crippen LogP contribution in [0.4, 0.5) is 0 Å². The third-order valence-corrected chi connectivity index (χ3v) is 4.48. The zero-order valence-corrected chi connectivity index (χ0v) is 11.0. The molecule has 0 amide bonds. The molecule has 0 aliphatic heterocycles. The SMILES string of the molecule is Cc1ccsc1C(N)CSC(C)(C)C. The minimum absolute atomic E-state index is 0.194. The highest BCUT2D eigenvalue weighted by atomic mass is 32.2. The second kappa shape index (κ2) is 4.69. The van der Waals surface area contributed by atoms with Crippen LogP contribution in [0.15, 0.2) is 11.4 Å². The Hall–Kier alpha value is 0.01000. The van der Waals surface area contributed by atoms with Crippen molar-refractivity contribution in [2.75, 3.05) is 5.75 Å². The maximum atomic E-state index is 6.14. The number of nitrogens with two attached hydrogens (primary N) is 1. The fraction of sp³-hybridized carbons (Fsp3) is 0.636. The predicted octanol–water partition coefficient (Wildman–Crippen LogP) is 3.59. The molecule has 0 radical (unpaired) electrons. The first-order valence-corrected chi connectivity index (χ1v) is 6.70. The minimum atomic E-state index is 0.194. The van der Waals surface area contributed by atoms with Crippen LogP contribution in [0.1, 0.15) is 37.3 Å². The van der Waals surface area contributed by atoms with Crippen molar-refractivity contribution in [3.05, 3.63) is 21.9 Å². The van der Waals surface area contributed by atoms with Crippen LogP contribution in [0.25, 0.3) is 0 Å². The lowest BCUT2D eigenvalue weighted by molar-refractivity contribution is 0.782. The molecule has 1 rings (SSSR count). The van der Waals surface area contributed by atoms with Crippen LogP contribution in [0.5, 0.6) is 0 Å². The van der Waals surface area contributed by atoms with Gasteiger partial charge in [0.25, 0.3) is 0 Å². The number of hydrogen-bond donors (Lipinski definition) is 1. The average molecular weight is 229 g/mol. The third-order valence-electron chi connectivity index (χ3n) is 1.93. The molecular weight excluding hydrogens is 210 g/mol. The monoisotopic (exact) mass is 229 g/mol. The molecule has 1 nitrogen and oxygen atoms in total. The predicted molar refractivity (Wildman–Crippen MR) is 68.2 cm³/mol. The normalized spacial score (nSPS) is 14.4. The van der Waals surface area contributed by atoms with Crippen LogP contribution in [0, 0.1) is 6.92 Å². The Morgan fingerprint density at radius 2 is 2.14 bits per heavy atom. The van der Waals surface area contributed by atoms with Gasteiger partial charge in [-0.1, -0.05) is 20.8 Å². The summed E-state index contributed by atoms with van der Waals surface area (Å²) in [6.07, 6.45) is 0. The van der Waals surface area contributed by atoms with Gasteiger partial charge in [-0.25, -0.2) is 0 Å². The van der Waals surface area contributed by atoms with E-state index in [9.17, 15) is 0 Å². The lowest BCUT2D eigenvalue weighted by Gasteiger charge is -2.20. The highest BCUT2D eigenvalue weighted by Gasteiger charge is 2.16. The molecule has 0 aromatic carbocycles. The number of hydrogen-bond acceptors (Lipinski definition) is 3. The van der Waals surface area contributed by atoms with Gasteiger partial charge in [0.2, 0.25) is 0 Å². The maximum absolute atomic E-state index is 6.14. The second-order valence-corrected chi connectivity index (χ2v) is 7.29. The van der Waals surface area contributed by atoms with Gasteiger partial charge in [-0.3, -0.25) is 0 Å². The minimum Gasteiger partial charge on any atom is -0.323 e. The molecule has 0 saturated carbocycles. The van der Waals surface area contributed by atoms with Crippen LogP contribution in [0.3, 0.4) is 0 Å². The smallest absolute Gasteiger partial charge is 0.0484 e. The summed E-state index contributed by atoms with van der Waals surface area (Å²) in [5.41, 5.74) is 7.47. The summed E-state index contributed by atoms with van der Waals surface area (Å²) in [7, 11) is 0. The van der Waals surface area contributed by atoms with Gasteiger partial charge in [-0.2, -0.15) is 11.8 Å². The van der Waals surface area contributed by atoms with Crippen molar-refractivity contribution in [1.82, 2.24) is 0 Å². The molecule has 0 spiro atoms. The number of thioether (sulfide) groups is 1. The van der Waals surface area contributed by atoms with E-state index in [-0.39, 0.29) is 6.04 Å². The molecule has 0 bridgehead atoms. The van der Waals surface area contributed by atoms with Crippen molar-refractivity contribution >= 4 is 23.1 Å². The lowest BCUT2D eigenvalue weighted by atomic mass is 10.2. The molecule has 0 aliphatic carbocycles. The molecule has 0 saturated heterocycles. The van der Waals surface area contributed by atoms with E-state index >= 15 is 0 Å². The van der Waals surface area contributed by atoms with E-state index in [0.717, 1.165) is 5.75 Å². The van der Waals surface area contributed by atoms with E-state index in [1.165, 1.54) is 10.4 Å². The summed E-state index contributed by atoms with van der Waals surface area (Å²) >= 11 is 3.70. The Balaban J connectivity index is 2.51. The molecule has 0 fully saturated rings. The van der Waals surface area contributed by atoms with Crippen molar-refractivity contribution < 1.29 is 0 Å². The second-order valence-electron chi connectivity index (χ2n) is 4.50. The van der Waals surface area contributed by atoms with E-state index < -0.39 is 0 Å². The van der Waals surface area contributed by atoms with Crippen LogP contribution >= 0.6 is 23.1 Å². The zero-order valence-electron chi connectivity index (χ0n) is 9.33. The van der Waals surface area contributed by atoms with E-state index in [0.29, 0.717) is 4.75 Å². The van der Waals surface area contributed by atoms with Gasteiger partial charge < -0.3 is 5.73 Å². The van der Waals surface area contributed by atoms with Gasteiger partial charge in [0.15, 0.2) is 0 Å². The molecule has 80 valence electrons. The van der Waals surface area contributed by atoms with Crippen molar-refractivity contribution in [3.8, 4) is 0 Å². The third kappa shape index (κ3) is 3.64. The Morgan fingerprint density at radius 3 is 2.57 bits per heavy atom. The largest absolute Gasteiger partial charge is 0.323 e. The topological polar surface area (TPSA) is 26.0 Å². The van der Waals surface area contributed by atoms with Gasteiger partial charge in [0.05, 0.1) is 0 Å². The molecule has 1 unspecified atom stereocenters. The highest BCUT2D eigenvalue weighted by Crippen LogP contribution is 2.30. The van der Waals surface area contributed by atoms with E-state index in [4.69, 9.17) is 5.73 Å². The Morgan fingerprint density at radius 1 is 1.50 bits per heavy atom. The average Bonchev–Trinajstić information content (AvgIpc) is 2.46. The zero-order chi connectivity index (χ0) is 10.8. The Bertz CT molecular complexity index is 286. The molecule has 1 aromatic heterocycles. The standard InChI is InChI=1S/C11H19NS2/c1-8-5-6-13-10(8)9(12)7-14-11(2,3)4/h5-6,9H,7,12H2,1-4H3. The van der Waals surface area contributed by atoms with Gasteiger partial charge in [0.1, 0.15) is 0 Å². The quantitative estimate of drug-likeness (QED) is 0.857. The summed E-state index contributed by atoms with van der Waals surface area (Å²) in [6, 6.07) is 2.33. The molecule has 1 aromatic rings. The van der Waals surface area contributed by atoms with Crippen molar-refractivity contribution in [3.63, 3.8) is 0 Å². The summed E-state index contributed by atoms with van der Waals surface area (Å²) in [6.45, 7) is 8.82. The van der Waals surface area contributed by atoms with Gasteiger partial charge >= 0.3 is 0 Å². The first-order chi connectivity index (χ1) is 6.40. The summed E-state index contributed by atoms with van der Waals surface area (Å²) in [5, 5.41) is 2.12. The fourth-order valence-corrected chi connectivity index (χ4v) is 3.06. The van der Waals surface area contributed by atoms with E-state index in [1.807, 2.05) is 11.8 Å². The van der Waals surface area contributed by atoms with Crippen LogP contribution in [-0.4, -0.2) is 10.5 Å². The van der Waals surface area contributed by atoms with E-state index in [2.05, 4.69) is 39.1 Å². The summed E-state index contributed by atoms with van der Waals surface area (Å²) in [4.78, 5) is 1.33. The van der Waals surface area contributed by atoms with Crippen LogP contribution in [-0.2, 0) is 0 Å². The summed E-state index contributed by atoms with van der Waals surface area (Å²) < 4.78 is 0.308. The fourth-order valence-electron chi connectivity index (χ4n) is 1.18. The van der Waals surface area contributed by atoms with Crippen molar-refractivity contribution in [2.24, 2.45) is 5.73 Å². The molecule has 2 N–H and O–H groups in total. The maximum Gasteiger partial charge on any atom is 0.0484 e. The molecule has 14 heavy (non-hydrogen) atoms. The molecular formula is C11H19NS2. The lowest BCUT2D eigenvalue weighted by Crippen LogP contribution is -2.17. The Labute approximate surface area is 95.1 Å². The van der Waals surface area contributed by atoms with Crippen LogP contribution in [0.2, 0.25) is 0 Å². The first-order valence-electron chi connectivity index (χ1n) is 4.83. The van der Waals surface area contributed by atoms with Gasteiger partial charge in [0, 0.05) is 21.4 Å². The highest BCUT2D eigenvalue weighted by molar-refractivity contribution is 8.00. The van der Waals surface area contributed by atoms with Crippen LogP contribution < -0.4 is 5.73 Å². The Kier molecular flexibility index (Phi) is 4.04. The first kappa shape index (κ1) is 12.1. The number of thiophene rings is 1. The number of rotatable bonds is 3. The van der Waals surface area contributed by atoms with Crippen molar-refractivity contribution in [1.29, 1.82) is 0 Å². The van der Waals surface area contributed by atoms with Gasteiger partial charge in [-0.05, 0) is 23.9 Å². The molecule has 1 atom stereocenters.